The van der Waals surface area contributed by atoms with Crippen molar-refractivity contribution in [2.75, 3.05) is 13.2 Å². The van der Waals surface area contributed by atoms with Gasteiger partial charge in [0, 0.05) is 17.0 Å². The number of rotatable bonds is 4. The number of hydrogen-bond acceptors (Lipinski definition) is 4. The lowest BCUT2D eigenvalue weighted by Gasteiger charge is -2.54. The number of carboxylic acids is 1. The molecule has 146 valence electrons. The Labute approximate surface area is 164 Å². The van der Waals surface area contributed by atoms with Gasteiger partial charge in [0.25, 0.3) is 0 Å². The van der Waals surface area contributed by atoms with Crippen LogP contribution in [0.2, 0.25) is 0 Å². The molecular weight excluding hydrogens is 354 g/mol. The van der Waals surface area contributed by atoms with Crippen LogP contribution >= 0.6 is 0 Å². The molecule has 28 heavy (non-hydrogen) atoms. The molecule has 0 unspecified atom stereocenters. The molecule has 0 spiro atoms. The van der Waals surface area contributed by atoms with E-state index in [1.54, 1.807) is 0 Å². The molecule has 5 nitrogen and oxygen atoms in total. The van der Waals surface area contributed by atoms with Crippen molar-refractivity contribution in [3.63, 3.8) is 0 Å². The maximum absolute atomic E-state index is 12.2. The van der Waals surface area contributed by atoms with E-state index in [-0.39, 0.29) is 17.0 Å². The molecule has 2 saturated heterocycles. The first-order valence-electron chi connectivity index (χ1n) is 9.83. The number of benzene rings is 2. The second-order valence-electron chi connectivity index (χ2n) is 8.49. The van der Waals surface area contributed by atoms with Gasteiger partial charge < -0.3 is 14.6 Å². The highest BCUT2D eigenvalue weighted by Crippen LogP contribution is 2.75. The van der Waals surface area contributed by atoms with Crippen molar-refractivity contribution in [2.24, 2.45) is 5.41 Å². The van der Waals surface area contributed by atoms with Crippen molar-refractivity contribution in [2.45, 2.75) is 43.7 Å². The van der Waals surface area contributed by atoms with Crippen LogP contribution in [0, 0.1) is 5.41 Å². The third-order valence-electron chi connectivity index (χ3n) is 7.13. The van der Waals surface area contributed by atoms with Crippen molar-refractivity contribution in [3.8, 4) is 0 Å². The number of aliphatic carboxylic acids is 1. The summed E-state index contributed by atoms with van der Waals surface area (Å²) in [5, 5.41) is 10.0. The fraction of sp³-hybridized carbons (Fsp3) is 0.435. The Kier molecular flexibility index (Phi) is 3.76. The first kappa shape index (κ1) is 17.9. The molecule has 3 fully saturated rings. The molecule has 0 aromatic heterocycles. The zero-order chi connectivity index (χ0) is 19.6. The quantitative estimate of drug-likeness (QED) is 0.880. The van der Waals surface area contributed by atoms with Crippen LogP contribution in [0.1, 0.15) is 37.4 Å². The average Bonchev–Trinajstić information content (AvgIpc) is 3.27. The van der Waals surface area contributed by atoms with Crippen LogP contribution in [-0.2, 0) is 20.1 Å². The Balaban J connectivity index is 1.48. The Morgan fingerprint density at radius 2 is 1.68 bits per heavy atom. The molecule has 2 aromatic carbocycles. The van der Waals surface area contributed by atoms with E-state index in [0.717, 1.165) is 17.5 Å². The smallest absolute Gasteiger partial charge is 0.321 e. The summed E-state index contributed by atoms with van der Waals surface area (Å²) in [6.45, 7) is 4.89. The summed E-state index contributed by atoms with van der Waals surface area (Å²) in [6.07, 6.45) is 0.805. The van der Waals surface area contributed by atoms with E-state index in [1.807, 2.05) is 55.5 Å². The summed E-state index contributed by atoms with van der Waals surface area (Å²) in [5.74, 6) is -1.63. The third-order valence-corrected chi connectivity index (χ3v) is 7.13. The summed E-state index contributed by atoms with van der Waals surface area (Å²) in [4.78, 5) is 14.4. The van der Waals surface area contributed by atoms with Gasteiger partial charge in [-0.3, -0.25) is 9.69 Å². The van der Waals surface area contributed by atoms with Gasteiger partial charge in [-0.25, -0.2) is 0 Å². The molecule has 2 aliphatic heterocycles. The standard InChI is InChI=1S/C23H25NO4/c1-16(17-9-5-3-6-10-17)24-19(20(25)26)22-13-23(22,24)15-28-21(2,27-14-22)18-11-7-4-8-12-18/h3-12,16,19H,13-15H2,1-2H3,(H,25,26)/t16-,19-,21-,22+,23-/m0/s1. The Morgan fingerprint density at radius 1 is 1.07 bits per heavy atom. The van der Waals surface area contributed by atoms with E-state index in [0.29, 0.717) is 13.2 Å². The number of carbonyl (C=O) groups is 1. The lowest BCUT2D eigenvalue weighted by Crippen LogP contribution is -2.69. The minimum absolute atomic E-state index is 0.00241. The summed E-state index contributed by atoms with van der Waals surface area (Å²) < 4.78 is 12.6. The monoisotopic (exact) mass is 379 g/mol. The first-order chi connectivity index (χ1) is 13.4. The second kappa shape index (κ2) is 5.89. The summed E-state index contributed by atoms with van der Waals surface area (Å²) in [7, 11) is 0. The molecule has 5 heteroatoms. The Morgan fingerprint density at radius 3 is 2.32 bits per heavy atom. The topological polar surface area (TPSA) is 59.0 Å². The second-order valence-corrected chi connectivity index (χ2v) is 8.49. The lowest BCUT2D eigenvalue weighted by atomic mass is 9.78. The maximum atomic E-state index is 12.2. The van der Waals surface area contributed by atoms with Gasteiger partial charge in [0.2, 0.25) is 0 Å². The SMILES string of the molecule is C[C@@H](c1ccccc1)N1[C@@H](C(=O)O)[C@@]23CO[C@](C)(c4ccccc4)OC[C@]12C3. The van der Waals surface area contributed by atoms with Gasteiger partial charge in [-0.05, 0) is 25.8 Å². The number of likely N-dealkylation sites (tertiary alicyclic amines) is 1. The van der Waals surface area contributed by atoms with Gasteiger partial charge in [-0.15, -0.1) is 0 Å². The van der Waals surface area contributed by atoms with Crippen molar-refractivity contribution in [3.05, 3.63) is 71.8 Å². The van der Waals surface area contributed by atoms with Gasteiger partial charge in [-0.2, -0.15) is 0 Å². The van der Waals surface area contributed by atoms with Gasteiger partial charge in [-0.1, -0.05) is 60.7 Å². The molecule has 1 N–H and O–H groups in total. The van der Waals surface area contributed by atoms with E-state index < -0.39 is 17.8 Å². The molecule has 2 aromatic rings. The molecule has 2 heterocycles. The molecular formula is C23H25NO4. The molecule has 1 saturated carbocycles. The normalized spacial score (nSPS) is 37.7. The van der Waals surface area contributed by atoms with Crippen LogP contribution in [0.4, 0.5) is 0 Å². The molecule has 3 aliphatic rings. The number of nitrogens with zero attached hydrogens (tertiary/aromatic N) is 1. The highest BCUT2D eigenvalue weighted by molar-refractivity contribution is 5.80. The highest BCUT2D eigenvalue weighted by Gasteiger charge is 2.87. The largest absolute Gasteiger partial charge is 0.480 e. The Hall–Kier alpha value is -2.21. The van der Waals surface area contributed by atoms with Crippen LogP contribution in [0.3, 0.4) is 0 Å². The van der Waals surface area contributed by atoms with Crippen LogP contribution in [0.5, 0.6) is 0 Å². The number of ether oxygens (including phenoxy) is 2. The first-order valence-corrected chi connectivity index (χ1v) is 9.83. The molecule has 1 aliphatic carbocycles. The average molecular weight is 379 g/mol. The predicted octanol–water partition coefficient (Wildman–Crippen LogP) is 3.57. The molecule has 5 atom stereocenters. The summed E-state index contributed by atoms with van der Waals surface area (Å²) in [5.41, 5.74) is 1.45. The number of carboxylic acid groups (broad SMARTS) is 1. The number of hydrogen-bond donors (Lipinski definition) is 1. The minimum atomic E-state index is -0.857. The molecule has 5 rings (SSSR count). The summed E-state index contributed by atoms with van der Waals surface area (Å²) in [6, 6.07) is 19.4. The van der Waals surface area contributed by atoms with Gasteiger partial charge in [0.15, 0.2) is 5.79 Å². The van der Waals surface area contributed by atoms with Crippen molar-refractivity contribution >= 4 is 5.97 Å². The van der Waals surface area contributed by atoms with Crippen LogP contribution in [0.15, 0.2) is 60.7 Å². The Bertz CT molecular complexity index is 903. The maximum Gasteiger partial charge on any atom is 0.321 e. The van der Waals surface area contributed by atoms with E-state index >= 15 is 0 Å². The van der Waals surface area contributed by atoms with Gasteiger partial charge in [0.05, 0.1) is 18.8 Å². The molecule has 0 radical (unpaired) electrons. The fourth-order valence-electron chi connectivity index (χ4n) is 5.47. The van der Waals surface area contributed by atoms with E-state index in [2.05, 4.69) is 24.0 Å². The third kappa shape index (κ3) is 2.21. The predicted molar refractivity (Wildman–Crippen MR) is 104 cm³/mol. The highest BCUT2D eigenvalue weighted by atomic mass is 16.7. The van der Waals surface area contributed by atoms with Gasteiger partial charge >= 0.3 is 5.97 Å². The van der Waals surface area contributed by atoms with Crippen LogP contribution < -0.4 is 0 Å². The van der Waals surface area contributed by atoms with Gasteiger partial charge in [0.1, 0.15) is 6.04 Å². The molecule has 0 amide bonds. The van der Waals surface area contributed by atoms with E-state index in [4.69, 9.17) is 9.47 Å². The van der Waals surface area contributed by atoms with Crippen LogP contribution in [-0.4, -0.2) is 40.8 Å². The zero-order valence-corrected chi connectivity index (χ0v) is 16.2. The fourth-order valence-corrected chi connectivity index (χ4v) is 5.47. The minimum Gasteiger partial charge on any atom is -0.480 e. The molecule has 0 bridgehead atoms. The zero-order valence-electron chi connectivity index (χ0n) is 16.2. The lowest BCUT2D eigenvalue weighted by molar-refractivity contribution is -0.230. The van der Waals surface area contributed by atoms with Crippen molar-refractivity contribution < 1.29 is 19.4 Å². The van der Waals surface area contributed by atoms with Crippen LogP contribution in [0.25, 0.3) is 0 Å². The van der Waals surface area contributed by atoms with E-state index in [1.165, 1.54) is 0 Å². The van der Waals surface area contributed by atoms with E-state index in [9.17, 15) is 9.90 Å². The summed E-state index contributed by atoms with van der Waals surface area (Å²) >= 11 is 0. The van der Waals surface area contributed by atoms with Crippen molar-refractivity contribution in [1.29, 1.82) is 0 Å². The van der Waals surface area contributed by atoms with Crippen molar-refractivity contribution in [1.82, 2.24) is 4.90 Å².